The molecule has 1 aliphatic heterocycles. The summed E-state index contributed by atoms with van der Waals surface area (Å²) >= 11 is 0. The fourth-order valence-corrected chi connectivity index (χ4v) is 0.646. The Bertz CT molecular complexity index is 287. The fraction of sp³-hybridized carbons (Fsp3) is 0.200. The van der Waals surface area contributed by atoms with Gasteiger partial charge in [-0.25, -0.2) is 4.79 Å². The molecule has 0 spiro atoms. The molecular formula is C5H4N4O2. The van der Waals surface area contributed by atoms with Crippen LogP contribution in [-0.2, 0) is 4.79 Å². The van der Waals surface area contributed by atoms with Gasteiger partial charge in [0, 0.05) is 0 Å². The van der Waals surface area contributed by atoms with Gasteiger partial charge in [0.1, 0.15) is 5.84 Å². The molecule has 0 fully saturated rings. The van der Waals surface area contributed by atoms with Gasteiger partial charge < -0.3 is 5.73 Å². The molecule has 56 valence electrons. The number of carbonyl (C=O) groups is 2. The van der Waals surface area contributed by atoms with E-state index in [-0.39, 0.29) is 5.84 Å². The number of amides is 3. The summed E-state index contributed by atoms with van der Waals surface area (Å²) in [6, 6.07) is 0.784. The summed E-state index contributed by atoms with van der Waals surface area (Å²) in [5.41, 5.74) is 5.12. The third-order valence-corrected chi connectivity index (χ3v) is 1.15. The number of hydrogen-bond donors (Lipinski definition) is 2. The smallest absolute Gasteiger partial charge is 0.349 e. The second-order valence-electron chi connectivity index (χ2n) is 1.89. The number of amidine groups is 1. The summed E-state index contributed by atoms with van der Waals surface area (Å²) in [5.74, 6) is -2.10. The number of carbonyl (C=O) groups excluding carboxylic acids is 2. The van der Waals surface area contributed by atoms with E-state index in [0.717, 1.165) is 0 Å². The van der Waals surface area contributed by atoms with Gasteiger partial charge in [-0.1, -0.05) is 0 Å². The predicted molar refractivity (Wildman–Crippen MR) is 34.3 cm³/mol. The minimum absolute atomic E-state index is 0.249. The first-order valence-electron chi connectivity index (χ1n) is 2.73. The predicted octanol–water partition coefficient (Wildman–Crippen LogP) is -1.27. The summed E-state index contributed by atoms with van der Waals surface area (Å²) in [4.78, 5) is 24.4. The molecular weight excluding hydrogens is 148 g/mol. The lowest BCUT2D eigenvalue weighted by atomic mass is 10.1. The molecule has 1 unspecified atom stereocenters. The molecule has 11 heavy (non-hydrogen) atoms. The van der Waals surface area contributed by atoms with Crippen LogP contribution in [0.2, 0.25) is 0 Å². The quantitative estimate of drug-likeness (QED) is 0.451. The lowest BCUT2D eigenvalue weighted by Gasteiger charge is -2.11. The Morgan fingerprint density at radius 1 is 1.64 bits per heavy atom. The van der Waals surface area contributed by atoms with Gasteiger partial charge in [0.25, 0.3) is 5.91 Å². The highest BCUT2D eigenvalue weighted by Gasteiger charge is 2.28. The summed E-state index contributed by atoms with van der Waals surface area (Å²) in [5, 5.41) is 10.2. The average molecular weight is 152 g/mol. The molecule has 3 N–H and O–H groups in total. The van der Waals surface area contributed by atoms with Crippen molar-refractivity contribution in [3.05, 3.63) is 0 Å². The van der Waals surface area contributed by atoms with Crippen LogP contribution in [0.3, 0.4) is 0 Å². The number of nitrogens with zero attached hydrogens (tertiary/aromatic N) is 2. The second-order valence-corrected chi connectivity index (χ2v) is 1.89. The first-order chi connectivity index (χ1) is 5.15. The summed E-state index contributed by atoms with van der Waals surface area (Å²) in [7, 11) is 0. The third kappa shape index (κ3) is 1.16. The largest absolute Gasteiger partial charge is 0.385 e. The van der Waals surface area contributed by atoms with E-state index in [0.29, 0.717) is 0 Å². The van der Waals surface area contributed by atoms with Gasteiger partial charge in [-0.05, 0) is 0 Å². The van der Waals surface area contributed by atoms with Gasteiger partial charge in [0.2, 0.25) is 0 Å². The molecule has 1 aliphatic rings. The van der Waals surface area contributed by atoms with Crippen molar-refractivity contribution in [2.75, 3.05) is 0 Å². The summed E-state index contributed by atoms with van der Waals surface area (Å²) < 4.78 is 0. The molecule has 1 heterocycles. The van der Waals surface area contributed by atoms with Crippen molar-refractivity contribution in [2.24, 2.45) is 16.6 Å². The molecule has 0 aromatic rings. The highest BCUT2D eigenvalue weighted by atomic mass is 16.2. The average Bonchev–Trinajstić information content (AvgIpc) is 1.85. The number of imide groups is 1. The van der Waals surface area contributed by atoms with Crippen LogP contribution in [0.1, 0.15) is 0 Å². The van der Waals surface area contributed by atoms with Crippen molar-refractivity contribution in [1.82, 2.24) is 5.32 Å². The Morgan fingerprint density at radius 3 is 2.73 bits per heavy atom. The molecule has 6 nitrogen and oxygen atoms in total. The molecule has 0 saturated heterocycles. The van der Waals surface area contributed by atoms with E-state index in [1.54, 1.807) is 6.07 Å². The Labute approximate surface area is 61.7 Å². The summed E-state index contributed by atoms with van der Waals surface area (Å²) in [6.45, 7) is 0. The number of rotatable bonds is 0. The van der Waals surface area contributed by atoms with Gasteiger partial charge in [0.05, 0.1) is 6.07 Å². The van der Waals surface area contributed by atoms with E-state index < -0.39 is 17.9 Å². The first-order valence-corrected chi connectivity index (χ1v) is 2.73. The highest BCUT2D eigenvalue weighted by Crippen LogP contribution is 2.00. The van der Waals surface area contributed by atoms with Gasteiger partial charge >= 0.3 is 6.03 Å². The molecule has 6 heteroatoms. The van der Waals surface area contributed by atoms with Gasteiger partial charge in [-0.2, -0.15) is 10.3 Å². The maximum Gasteiger partial charge on any atom is 0.349 e. The van der Waals surface area contributed by atoms with E-state index in [4.69, 9.17) is 11.0 Å². The lowest BCUT2D eigenvalue weighted by Crippen LogP contribution is -2.45. The molecule has 0 radical (unpaired) electrons. The Hall–Kier alpha value is -1.90. The molecule has 0 saturated carbocycles. The van der Waals surface area contributed by atoms with Crippen LogP contribution in [-0.4, -0.2) is 17.8 Å². The molecule has 0 bridgehead atoms. The molecule has 1 atom stereocenters. The Balaban J connectivity index is 3.00. The van der Waals surface area contributed by atoms with Crippen LogP contribution in [0.25, 0.3) is 0 Å². The number of nitrogens with two attached hydrogens (primary N) is 1. The van der Waals surface area contributed by atoms with Crippen LogP contribution >= 0.6 is 0 Å². The standard InChI is InChI=1S/C5H4N4O2/c6-1-2-3(7)8-5(11)9-4(2)10/h2H,(H3,7,8,9,10,11). The molecule has 0 aliphatic carbocycles. The van der Waals surface area contributed by atoms with Gasteiger partial charge in [-0.15, -0.1) is 0 Å². The van der Waals surface area contributed by atoms with Crippen molar-refractivity contribution in [2.45, 2.75) is 0 Å². The van der Waals surface area contributed by atoms with E-state index in [2.05, 4.69) is 4.99 Å². The van der Waals surface area contributed by atoms with Crippen molar-refractivity contribution >= 4 is 17.8 Å². The topological polar surface area (TPSA) is 108 Å². The number of nitrogens with one attached hydrogen (secondary N) is 1. The minimum atomic E-state index is -1.13. The normalized spacial score (nSPS) is 23.5. The van der Waals surface area contributed by atoms with Crippen molar-refractivity contribution in [3.8, 4) is 6.07 Å². The third-order valence-electron chi connectivity index (χ3n) is 1.15. The van der Waals surface area contributed by atoms with Crippen LogP contribution in [0.5, 0.6) is 0 Å². The van der Waals surface area contributed by atoms with Crippen LogP contribution in [0.4, 0.5) is 4.79 Å². The zero-order chi connectivity index (χ0) is 8.43. The number of nitriles is 1. The maximum atomic E-state index is 10.7. The SMILES string of the molecule is N#CC1C(=O)NC(=O)N=C1N. The van der Waals surface area contributed by atoms with Gasteiger partial charge in [-0.3, -0.25) is 10.1 Å². The highest BCUT2D eigenvalue weighted by molar-refractivity contribution is 6.16. The molecule has 3 amide bonds. The van der Waals surface area contributed by atoms with Gasteiger partial charge in [0.15, 0.2) is 5.92 Å². The van der Waals surface area contributed by atoms with E-state index in [1.807, 2.05) is 5.32 Å². The molecule has 1 rings (SSSR count). The zero-order valence-electron chi connectivity index (χ0n) is 5.37. The molecule has 0 aromatic heterocycles. The minimum Gasteiger partial charge on any atom is -0.385 e. The fourth-order valence-electron chi connectivity index (χ4n) is 0.646. The lowest BCUT2D eigenvalue weighted by molar-refractivity contribution is -0.120. The zero-order valence-corrected chi connectivity index (χ0v) is 5.37. The van der Waals surface area contributed by atoms with Crippen molar-refractivity contribution in [1.29, 1.82) is 5.26 Å². The van der Waals surface area contributed by atoms with Crippen molar-refractivity contribution < 1.29 is 9.59 Å². The second kappa shape index (κ2) is 2.38. The Kier molecular flexibility index (Phi) is 1.56. The number of urea groups is 1. The van der Waals surface area contributed by atoms with E-state index >= 15 is 0 Å². The Morgan fingerprint density at radius 2 is 2.27 bits per heavy atom. The monoisotopic (exact) mass is 152 g/mol. The number of aliphatic imine (C=N–C) groups is 1. The molecule has 0 aromatic carbocycles. The van der Waals surface area contributed by atoms with E-state index in [9.17, 15) is 9.59 Å². The summed E-state index contributed by atoms with van der Waals surface area (Å²) in [6.07, 6.45) is 0. The van der Waals surface area contributed by atoms with Crippen LogP contribution in [0, 0.1) is 17.2 Å². The maximum absolute atomic E-state index is 10.7. The van der Waals surface area contributed by atoms with Crippen LogP contribution in [0.15, 0.2) is 4.99 Å². The van der Waals surface area contributed by atoms with Crippen LogP contribution < -0.4 is 11.1 Å². The first kappa shape index (κ1) is 7.21. The van der Waals surface area contributed by atoms with E-state index in [1.165, 1.54) is 0 Å². The number of hydrogen-bond acceptors (Lipinski definition) is 4. The van der Waals surface area contributed by atoms with Crippen molar-refractivity contribution in [3.63, 3.8) is 0 Å².